The van der Waals surface area contributed by atoms with Gasteiger partial charge in [0.1, 0.15) is 23.2 Å². The number of nitriles is 1. The van der Waals surface area contributed by atoms with Crippen LogP contribution in [-0.4, -0.2) is 28.3 Å². The van der Waals surface area contributed by atoms with Crippen molar-refractivity contribution in [2.75, 3.05) is 11.9 Å². The van der Waals surface area contributed by atoms with Gasteiger partial charge in [0.2, 0.25) is 5.91 Å². The van der Waals surface area contributed by atoms with Crippen molar-refractivity contribution < 1.29 is 14.3 Å². The third-order valence-corrected chi connectivity index (χ3v) is 5.28. The Hall–Kier alpha value is -2.99. The second-order valence-corrected chi connectivity index (χ2v) is 7.14. The number of ether oxygens (including phenoxy) is 1. The van der Waals surface area contributed by atoms with E-state index in [-0.39, 0.29) is 18.7 Å². The van der Waals surface area contributed by atoms with Gasteiger partial charge in [-0.1, -0.05) is 0 Å². The molecular formula is C18H20N4O4S. The number of anilines is 1. The highest BCUT2D eigenvalue weighted by Crippen LogP contribution is 2.33. The molecule has 2 aromatic heterocycles. The number of nitrogens with one attached hydrogen (secondary N) is 1. The van der Waals surface area contributed by atoms with Gasteiger partial charge in [-0.05, 0) is 45.7 Å². The Morgan fingerprint density at radius 3 is 2.52 bits per heavy atom. The van der Waals surface area contributed by atoms with Crippen LogP contribution in [0, 0.1) is 39.0 Å². The van der Waals surface area contributed by atoms with E-state index in [9.17, 15) is 14.4 Å². The van der Waals surface area contributed by atoms with E-state index in [0.29, 0.717) is 21.8 Å². The number of carbonyl (C=O) groups excluding carboxylic acids is 2. The van der Waals surface area contributed by atoms with Crippen molar-refractivity contribution >= 4 is 28.2 Å². The molecule has 0 unspecified atom stereocenters. The van der Waals surface area contributed by atoms with Crippen molar-refractivity contribution in [3.63, 3.8) is 0 Å². The number of nitrogens with zero attached hydrogens (tertiary/aromatic N) is 3. The van der Waals surface area contributed by atoms with Gasteiger partial charge in [0.05, 0.1) is 17.9 Å². The zero-order valence-corrected chi connectivity index (χ0v) is 16.6. The summed E-state index contributed by atoms with van der Waals surface area (Å²) in [6.07, 6.45) is 0. The Morgan fingerprint density at radius 2 is 1.93 bits per heavy atom. The lowest BCUT2D eigenvalue weighted by Crippen LogP contribution is -2.32. The Bertz CT molecular complexity index is 1010. The second-order valence-electron chi connectivity index (χ2n) is 5.92. The molecule has 0 spiro atoms. The number of aryl methyl sites for hydroxylation is 2. The van der Waals surface area contributed by atoms with E-state index in [0.717, 1.165) is 15.1 Å². The van der Waals surface area contributed by atoms with Crippen LogP contribution in [0.4, 0.5) is 5.00 Å². The van der Waals surface area contributed by atoms with Gasteiger partial charge in [-0.15, -0.1) is 11.3 Å². The molecule has 0 radical (unpaired) electrons. The van der Waals surface area contributed by atoms with E-state index in [2.05, 4.69) is 10.4 Å². The smallest absolute Gasteiger partial charge is 0.341 e. The van der Waals surface area contributed by atoms with Crippen molar-refractivity contribution in [2.45, 2.75) is 41.2 Å². The average Bonchev–Trinajstić information content (AvgIpc) is 2.87. The van der Waals surface area contributed by atoms with Crippen LogP contribution < -0.4 is 10.9 Å². The highest BCUT2D eigenvalue weighted by atomic mass is 32.1. The zero-order valence-electron chi connectivity index (χ0n) is 15.8. The fourth-order valence-corrected chi connectivity index (χ4v) is 3.54. The number of thiophene rings is 1. The number of carbonyl (C=O) groups is 2. The number of amides is 1. The predicted molar refractivity (Wildman–Crippen MR) is 101 cm³/mol. The summed E-state index contributed by atoms with van der Waals surface area (Å²) in [6, 6.07) is 1.85. The first-order valence-corrected chi connectivity index (χ1v) is 9.08. The fourth-order valence-electron chi connectivity index (χ4n) is 2.48. The summed E-state index contributed by atoms with van der Waals surface area (Å²) in [6.45, 7) is 8.47. The van der Waals surface area contributed by atoms with Crippen molar-refractivity contribution in [3.8, 4) is 6.07 Å². The molecule has 0 aliphatic carbocycles. The van der Waals surface area contributed by atoms with Crippen LogP contribution in [0.15, 0.2) is 4.79 Å². The van der Waals surface area contributed by atoms with Crippen LogP contribution >= 0.6 is 11.3 Å². The van der Waals surface area contributed by atoms with Crippen molar-refractivity contribution in [3.05, 3.63) is 43.2 Å². The first-order valence-electron chi connectivity index (χ1n) is 8.26. The van der Waals surface area contributed by atoms with Crippen LogP contribution in [-0.2, 0) is 16.1 Å². The normalized spacial score (nSPS) is 10.4. The van der Waals surface area contributed by atoms with Gasteiger partial charge in [-0.25, -0.2) is 9.48 Å². The topological polar surface area (TPSA) is 114 Å². The number of hydrogen-bond donors (Lipinski definition) is 1. The lowest BCUT2D eigenvalue weighted by Gasteiger charge is -2.10. The number of esters is 1. The molecule has 2 aromatic rings. The van der Waals surface area contributed by atoms with Gasteiger partial charge in [0.25, 0.3) is 5.56 Å². The molecule has 0 aromatic carbocycles. The molecule has 0 saturated heterocycles. The lowest BCUT2D eigenvalue weighted by molar-refractivity contribution is -0.117. The first-order chi connectivity index (χ1) is 12.7. The van der Waals surface area contributed by atoms with E-state index in [1.165, 1.54) is 11.3 Å². The van der Waals surface area contributed by atoms with E-state index in [4.69, 9.17) is 10.00 Å². The minimum Gasteiger partial charge on any atom is -0.462 e. The molecule has 2 heterocycles. The number of hydrogen-bond acceptors (Lipinski definition) is 7. The summed E-state index contributed by atoms with van der Waals surface area (Å²) in [4.78, 5) is 37.8. The largest absolute Gasteiger partial charge is 0.462 e. The maximum absolute atomic E-state index is 12.4. The summed E-state index contributed by atoms with van der Waals surface area (Å²) in [5.74, 6) is -1.04. The Kier molecular flexibility index (Phi) is 6.13. The SMILES string of the molecule is CCOC(=O)c1c(NC(=O)Cn2nc(C)c(C)c(C#N)c2=O)sc(C)c1C. The van der Waals surface area contributed by atoms with Crippen molar-refractivity contribution in [2.24, 2.45) is 0 Å². The summed E-state index contributed by atoms with van der Waals surface area (Å²) in [5.41, 5.74) is 1.38. The molecule has 142 valence electrons. The maximum atomic E-state index is 12.4. The molecule has 1 amide bonds. The molecule has 1 N–H and O–H groups in total. The van der Waals surface area contributed by atoms with Crippen molar-refractivity contribution in [1.29, 1.82) is 5.26 Å². The third-order valence-electron chi connectivity index (χ3n) is 4.16. The zero-order chi connectivity index (χ0) is 20.3. The van der Waals surface area contributed by atoms with Gasteiger partial charge >= 0.3 is 5.97 Å². The van der Waals surface area contributed by atoms with Crippen LogP contribution in [0.5, 0.6) is 0 Å². The lowest BCUT2D eigenvalue weighted by atomic mass is 10.1. The van der Waals surface area contributed by atoms with Crippen LogP contribution in [0.3, 0.4) is 0 Å². The summed E-state index contributed by atoms with van der Waals surface area (Å²) in [5, 5.41) is 16.3. The molecule has 0 saturated carbocycles. The number of rotatable bonds is 5. The highest BCUT2D eigenvalue weighted by molar-refractivity contribution is 7.16. The molecule has 0 fully saturated rings. The van der Waals surface area contributed by atoms with Crippen LogP contribution in [0.1, 0.15) is 44.5 Å². The Labute approximate surface area is 160 Å². The van der Waals surface area contributed by atoms with E-state index < -0.39 is 17.4 Å². The molecule has 0 atom stereocenters. The molecule has 8 nitrogen and oxygen atoms in total. The van der Waals surface area contributed by atoms with Gasteiger partial charge in [-0.3, -0.25) is 9.59 Å². The Balaban J connectivity index is 2.32. The Morgan fingerprint density at radius 1 is 1.26 bits per heavy atom. The van der Waals surface area contributed by atoms with Gasteiger partial charge in [0, 0.05) is 4.88 Å². The van der Waals surface area contributed by atoms with E-state index in [1.54, 1.807) is 27.7 Å². The molecule has 27 heavy (non-hydrogen) atoms. The first kappa shape index (κ1) is 20.3. The predicted octanol–water partition coefficient (Wildman–Crippen LogP) is 2.23. The third kappa shape index (κ3) is 4.06. The van der Waals surface area contributed by atoms with Gasteiger partial charge in [0.15, 0.2) is 0 Å². The average molecular weight is 388 g/mol. The summed E-state index contributed by atoms with van der Waals surface area (Å²) >= 11 is 1.26. The van der Waals surface area contributed by atoms with Gasteiger partial charge in [-0.2, -0.15) is 10.4 Å². The summed E-state index contributed by atoms with van der Waals surface area (Å²) < 4.78 is 6.01. The number of aromatic nitrogens is 2. The molecule has 0 aliphatic heterocycles. The second kappa shape index (κ2) is 8.14. The quantitative estimate of drug-likeness (QED) is 0.786. The van der Waals surface area contributed by atoms with Crippen molar-refractivity contribution in [1.82, 2.24) is 9.78 Å². The van der Waals surface area contributed by atoms with E-state index in [1.807, 2.05) is 13.0 Å². The van der Waals surface area contributed by atoms with Crippen LogP contribution in [0.2, 0.25) is 0 Å². The molecule has 0 bridgehead atoms. The van der Waals surface area contributed by atoms with E-state index >= 15 is 0 Å². The maximum Gasteiger partial charge on any atom is 0.341 e. The molecule has 9 heteroatoms. The minimum atomic E-state index is -0.625. The fraction of sp³-hybridized carbons (Fsp3) is 0.389. The highest BCUT2D eigenvalue weighted by Gasteiger charge is 2.22. The monoisotopic (exact) mass is 388 g/mol. The molecule has 0 aliphatic rings. The molecule has 2 rings (SSSR count). The van der Waals surface area contributed by atoms with Gasteiger partial charge < -0.3 is 10.1 Å². The minimum absolute atomic E-state index is 0.0367. The summed E-state index contributed by atoms with van der Waals surface area (Å²) in [7, 11) is 0. The molecular weight excluding hydrogens is 368 g/mol. The van der Waals surface area contributed by atoms with Crippen LogP contribution in [0.25, 0.3) is 0 Å². The standard InChI is InChI=1S/C18H20N4O4S/c1-6-26-18(25)15-10(3)12(5)27-16(15)20-14(23)8-22-17(24)13(7-19)9(2)11(4)21-22/h6,8H2,1-5H3,(H,20,23).